The first-order chi connectivity index (χ1) is 24.8. The molecule has 236 valence electrons. The molecule has 0 fully saturated rings. The maximum atomic E-state index is 2.55. The Labute approximate surface area is 292 Å². The number of hydrogen-bond acceptors (Lipinski definition) is 1. The van der Waals surface area contributed by atoms with Gasteiger partial charge in [-0.05, 0) is 93.5 Å². The highest BCUT2D eigenvalue weighted by molar-refractivity contribution is 6.09. The Bertz CT molecular complexity index is 2550. The van der Waals surface area contributed by atoms with Crippen molar-refractivity contribution in [3.05, 3.63) is 200 Å². The lowest BCUT2D eigenvalue weighted by Gasteiger charge is -2.29. The normalized spacial score (nSPS) is 16.2. The van der Waals surface area contributed by atoms with Gasteiger partial charge in [0.1, 0.15) is 0 Å². The third-order valence-corrected chi connectivity index (χ3v) is 10.5. The second-order valence-corrected chi connectivity index (χ2v) is 13.4. The second-order valence-electron chi connectivity index (χ2n) is 13.4. The van der Waals surface area contributed by atoms with E-state index in [1.165, 1.54) is 72.1 Å². The van der Waals surface area contributed by atoms with Gasteiger partial charge in [0.05, 0.1) is 17.1 Å². The number of para-hydroxylation sites is 3. The lowest BCUT2D eigenvalue weighted by atomic mass is 9.91. The summed E-state index contributed by atoms with van der Waals surface area (Å²) in [6, 6.07) is 62.5. The third-order valence-electron chi connectivity index (χ3n) is 10.5. The highest BCUT2D eigenvalue weighted by Gasteiger charge is 2.37. The molecule has 8 aromatic rings. The molecule has 0 radical (unpaired) electrons. The molecule has 0 spiro atoms. The van der Waals surface area contributed by atoms with Crippen LogP contribution in [-0.4, -0.2) is 10.6 Å². The number of fused-ring (bicyclic) bond motifs is 6. The number of anilines is 2. The minimum Gasteiger partial charge on any atom is -0.333 e. The van der Waals surface area contributed by atoms with E-state index in [9.17, 15) is 0 Å². The fourth-order valence-corrected chi connectivity index (χ4v) is 8.21. The molecule has 2 atom stereocenters. The zero-order valence-electron chi connectivity index (χ0n) is 27.5. The smallest absolute Gasteiger partial charge is 0.0629 e. The van der Waals surface area contributed by atoms with Crippen LogP contribution in [0.5, 0.6) is 0 Å². The Morgan fingerprint density at radius 3 is 1.48 bits per heavy atom. The number of hydrogen-bond donors (Lipinski definition) is 0. The molecule has 0 saturated heterocycles. The summed E-state index contributed by atoms with van der Waals surface area (Å²) in [7, 11) is 0. The van der Waals surface area contributed by atoms with Crippen molar-refractivity contribution in [2.24, 2.45) is 0 Å². The average Bonchev–Trinajstić information content (AvgIpc) is 3.71. The first kappa shape index (κ1) is 28.6. The molecular formula is C48H34N2. The molecule has 2 aliphatic rings. The predicted octanol–water partition coefficient (Wildman–Crippen LogP) is 12.5. The molecule has 2 unspecified atom stereocenters. The van der Waals surface area contributed by atoms with Crippen molar-refractivity contribution in [2.75, 3.05) is 4.90 Å². The molecule has 10 rings (SSSR count). The summed E-state index contributed by atoms with van der Waals surface area (Å²) in [4.78, 5) is 2.55. The Hall–Kier alpha value is -6.38. The van der Waals surface area contributed by atoms with Crippen LogP contribution < -0.4 is 4.90 Å². The van der Waals surface area contributed by atoms with E-state index in [0.717, 1.165) is 5.69 Å². The zero-order valence-corrected chi connectivity index (χ0v) is 27.5. The molecule has 1 aliphatic heterocycles. The van der Waals surface area contributed by atoms with Gasteiger partial charge in [0, 0.05) is 33.8 Å². The number of nitrogens with zero attached hydrogens (tertiary/aromatic N) is 2. The Morgan fingerprint density at radius 1 is 0.380 bits per heavy atom. The number of benzene rings is 7. The van der Waals surface area contributed by atoms with Gasteiger partial charge in [-0.25, -0.2) is 0 Å². The molecule has 0 bridgehead atoms. The van der Waals surface area contributed by atoms with Crippen LogP contribution in [0.2, 0.25) is 0 Å². The summed E-state index contributed by atoms with van der Waals surface area (Å²) in [5.74, 6) is 0.323. The van der Waals surface area contributed by atoms with Crippen molar-refractivity contribution in [1.29, 1.82) is 0 Å². The van der Waals surface area contributed by atoms with E-state index >= 15 is 0 Å². The van der Waals surface area contributed by atoms with Crippen LogP contribution in [0.15, 0.2) is 194 Å². The van der Waals surface area contributed by atoms with E-state index in [1.807, 2.05) is 0 Å². The minimum atomic E-state index is 0.222. The van der Waals surface area contributed by atoms with E-state index in [1.54, 1.807) is 0 Å². The summed E-state index contributed by atoms with van der Waals surface area (Å²) in [5, 5.41) is 2.53. The Balaban J connectivity index is 1.24. The summed E-state index contributed by atoms with van der Waals surface area (Å²) >= 11 is 0. The van der Waals surface area contributed by atoms with Crippen LogP contribution in [0, 0.1) is 0 Å². The van der Waals surface area contributed by atoms with Crippen LogP contribution in [0.25, 0.3) is 60.9 Å². The average molecular weight is 639 g/mol. The van der Waals surface area contributed by atoms with E-state index < -0.39 is 0 Å². The quantitative estimate of drug-likeness (QED) is 0.182. The summed E-state index contributed by atoms with van der Waals surface area (Å²) in [5.41, 5.74) is 14.6. The van der Waals surface area contributed by atoms with Crippen molar-refractivity contribution in [2.45, 2.75) is 12.0 Å². The maximum Gasteiger partial charge on any atom is 0.0629 e. The number of allylic oxidation sites excluding steroid dienone is 2. The fourth-order valence-electron chi connectivity index (χ4n) is 8.21. The molecule has 2 nitrogen and oxygen atoms in total. The van der Waals surface area contributed by atoms with Gasteiger partial charge in [0.25, 0.3) is 0 Å². The highest BCUT2D eigenvalue weighted by atomic mass is 15.2. The molecule has 2 heteroatoms. The SMILES string of the molecule is C1=CC2c3ccccc3N(c3cc(-c4ccccc4)cc(-c4cc(-c5ccccc5)cc(-n5c6ccccc6c6ccccc65)c4)c3)C2C=C1. The summed E-state index contributed by atoms with van der Waals surface area (Å²) in [6.45, 7) is 0. The maximum absolute atomic E-state index is 2.55. The first-order valence-corrected chi connectivity index (χ1v) is 17.4. The standard InChI is InChI=1S/C48H34N2/c1-3-15-33(16-4-1)35-27-37(31-39(29-35)49-45-23-11-7-19-41(45)42-20-8-12-24-46(42)49)38-28-36(34-17-5-2-6-18-34)30-40(32-38)50-47-25-13-9-21-43(47)44-22-10-14-26-48(44)50/h1-32,41,45H. The Morgan fingerprint density at radius 2 is 0.860 bits per heavy atom. The van der Waals surface area contributed by atoms with Crippen LogP contribution in [-0.2, 0) is 0 Å². The highest BCUT2D eigenvalue weighted by Crippen LogP contribution is 2.49. The van der Waals surface area contributed by atoms with Gasteiger partial charge in [-0.15, -0.1) is 0 Å². The number of aromatic nitrogens is 1. The second kappa shape index (κ2) is 11.6. The van der Waals surface area contributed by atoms with Gasteiger partial charge in [-0.3, -0.25) is 0 Å². The van der Waals surface area contributed by atoms with Crippen molar-refractivity contribution in [3.8, 4) is 39.1 Å². The van der Waals surface area contributed by atoms with Crippen LogP contribution >= 0.6 is 0 Å². The van der Waals surface area contributed by atoms with Crippen LogP contribution in [0.1, 0.15) is 11.5 Å². The van der Waals surface area contributed by atoms with E-state index in [0.29, 0.717) is 5.92 Å². The molecule has 0 saturated carbocycles. The molecule has 50 heavy (non-hydrogen) atoms. The van der Waals surface area contributed by atoms with Crippen molar-refractivity contribution in [1.82, 2.24) is 4.57 Å². The molecule has 1 aliphatic carbocycles. The topological polar surface area (TPSA) is 8.17 Å². The van der Waals surface area contributed by atoms with Crippen LogP contribution in [0.4, 0.5) is 11.4 Å². The van der Waals surface area contributed by atoms with Gasteiger partial charge >= 0.3 is 0 Å². The molecule has 2 heterocycles. The third kappa shape index (κ3) is 4.64. The molecule has 1 aromatic heterocycles. The fraction of sp³-hybridized carbons (Fsp3) is 0.0417. The molecule has 0 amide bonds. The largest absolute Gasteiger partial charge is 0.333 e. The molecule has 7 aromatic carbocycles. The van der Waals surface area contributed by atoms with E-state index in [2.05, 4.69) is 204 Å². The van der Waals surface area contributed by atoms with Gasteiger partial charge in [0.15, 0.2) is 0 Å². The lowest BCUT2D eigenvalue weighted by Crippen LogP contribution is -2.28. The minimum absolute atomic E-state index is 0.222. The predicted molar refractivity (Wildman–Crippen MR) is 210 cm³/mol. The van der Waals surface area contributed by atoms with E-state index in [4.69, 9.17) is 0 Å². The first-order valence-electron chi connectivity index (χ1n) is 17.4. The van der Waals surface area contributed by atoms with Crippen molar-refractivity contribution >= 4 is 33.2 Å². The van der Waals surface area contributed by atoms with E-state index in [-0.39, 0.29) is 6.04 Å². The van der Waals surface area contributed by atoms with Crippen molar-refractivity contribution in [3.63, 3.8) is 0 Å². The van der Waals surface area contributed by atoms with Gasteiger partial charge < -0.3 is 9.47 Å². The number of rotatable bonds is 5. The molecule has 0 N–H and O–H groups in total. The van der Waals surface area contributed by atoms with Crippen LogP contribution in [0.3, 0.4) is 0 Å². The lowest BCUT2D eigenvalue weighted by molar-refractivity contribution is 0.745. The summed E-state index contributed by atoms with van der Waals surface area (Å²) < 4.78 is 2.43. The molecular weight excluding hydrogens is 605 g/mol. The monoisotopic (exact) mass is 638 g/mol. The van der Waals surface area contributed by atoms with Gasteiger partial charge in [-0.1, -0.05) is 140 Å². The van der Waals surface area contributed by atoms with Gasteiger partial charge in [-0.2, -0.15) is 0 Å². The van der Waals surface area contributed by atoms with Crippen molar-refractivity contribution < 1.29 is 0 Å². The summed E-state index contributed by atoms with van der Waals surface area (Å²) in [6.07, 6.45) is 9.10. The van der Waals surface area contributed by atoms with Gasteiger partial charge in [0.2, 0.25) is 0 Å². The Kier molecular flexibility index (Phi) is 6.67. The zero-order chi connectivity index (χ0) is 33.0.